The van der Waals surface area contributed by atoms with E-state index in [0.717, 1.165) is 18.7 Å². The Kier molecular flexibility index (Phi) is 6.38. The van der Waals surface area contributed by atoms with E-state index in [2.05, 4.69) is 24.0 Å². The van der Waals surface area contributed by atoms with E-state index in [1.807, 2.05) is 6.07 Å². The summed E-state index contributed by atoms with van der Waals surface area (Å²) in [7, 11) is 0. The second-order valence-corrected chi connectivity index (χ2v) is 6.13. The SMILES string of the molecule is CCCCCCCCCN1CCc2c(N)cccc2C1. The molecule has 0 amide bonds. The maximum absolute atomic E-state index is 6.05. The van der Waals surface area contributed by atoms with E-state index >= 15 is 0 Å². The summed E-state index contributed by atoms with van der Waals surface area (Å²) >= 11 is 0. The Morgan fingerprint density at radius 3 is 2.60 bits per heavy atom. The number of fused-ring (bicyclic) bond motifs is 1. The van der Waals surface area contributed by atoms with Crippen molar-refractivity contribution in [3.63, 3.8) is 0 Å². The van der Waals surface area contributed by atoms with Gasteiger partial charge in [-0.15, -0.1) is 0 Å². The fourth-order valence-electron chi connectivity index (χ4n) is 3.18. The third-order valence-corrected chi connectivity index (χ3v) is 4.46. The quantitative estimate of drug-likeness (QED) is 0.563. The van der Waals surface area contributed by atoms with Gasteiger partial charge in [0.15, 0.2) is 0 Å². The van der Waals surface area contributed by atoms with Gasteiger partial charge in [-0.3, -0.25) is 4.90 Å². The molecule has 2 N–H and O–H groups in total. The van der Waals surface area contributed by atoms with Crippen molar-refractivity contribution in [3.05, 3.63) is 29.3 Å². The van der Waals surface area contributed by atoms with E-state index in [0.29, 0.717) is 0 Å². The van der Waals surface area contributed by atoms with Crippen molar-refractivity contribution in [2.75, 3.05) is 18.8 Å². The zero-order valence-corrected chi connectivity index (χ0v) is 13.0. The van der Waals surface area contributed by atoms with Gasteiger partial charge in [-0.2, -0.15) is 0 Å². The molecule has 20 heavy (non-hydrogen) atoms. The molecule has 0 bridgehead atoms. The molecule has 0 aromatic heterocycles. The Bertz CT molecular complexity index is 400. The first kappa shape index (κ1) is 15.4. The average Bonchev–Trinajstić information content (AvgIpc) is 2.46. The first-order chi connectivity index (χ1) is 9.81. The van der Waals surface area contributed by atoms with Crippen LogP contribution in [0, 0.1) is 0 Å². The standard InChI is InChI=1S/C18H30N2/c1-2-3-4-5-6-7-8-13-20-14-12-17-16(15-20)10-9-11-18(17)19/h9-11H,2-8,12-15,19H2,1H3. The topological polar surface area (TPSA) is 29.3 Å². The minimum absolute atomic E-state index is 0.984. The lowest BCUT2D eigenvalue weighted by molar-refractivity contribution is 0.248. The van der Waals surface area contributed by atoms with Gasteiger partial charge in [0.05, 0.1) is 0 Å². The molecule has 112 valence electrons. The highest BCUT2D eigenvalue weighted by Gasteiger charge is 2.16. The summed E-state index contributed by atoms with van der Waals surface area (Å²) in [6.07, 6.45) is 10.9. The molecule has 0 atom stereocenters. The molecular formula is C18H30N2. The number of nitrogen functional groups attached to an aromatic ring is 1. The molecule has 2 heteroatoms. The van der Waals surface area contributed by atoms with Gasteiger partial charge in [0, 0.05) is 18.8 Å². The molecule has 2 rings (SSSR count). The maximum Gasteiger partial charge on any atom is 0.0350 e. The molecule has 0 saturated heterocycles. The van der Waals surface area contributed by atoms with Crippen LogP contribution in [-0.4, -0.2) is 18.0 Å². The third kappa shape index (κ3) is 4.52. The van der Waals surface area contributed by atoms with Crippen molar-refractivity contribution in [2.24, 2.45) is 0 Å². The normalized spacial score (nSPS) is 15.2. The van der Waals surface area contributed by atoms with Gasteiger partial charge in [0.25, 0.3) is 0 Å². The summed E-state index contributed by atoms with van der Waals surface area (Å²) < 4.78 is 0. The van der Waals surface area contributed by atoms with Gasteiger partial charge in [-0.25, -0.2) is 0 Å². The average molecular weight is 274 g/mol. The highest BCUT2D eigenvalue weighted by molar-refractivity contribution is 5.51. The van der Waals surface area contributed by atoms with Gasteiger partial charge in [0.1, 0.15) is 0 Å². The second kappa shape index (κ2) is 8.31. The van der Waals surface area contributed by atoms with Gasteiger partial charge in [-0.1, -0.05) is 57.6 Å². The molecule has 1 aromatic carbocycles. The van der Waals surface area contributed by atoms with Crippen LogP contribution in [0.3, 0.4) is 0 Å². The van der Waals surface area contributed by atoms with Crippen molar-refractivity contribution in [2.45, 2.75) is 64.8 Å². The van der Waals surface area contributed by atoms with E-state index in [1.54, 1.807) is 0 Å². The van der Waals surface area contributed by atoms with E-state index in [1.165, 1.54) is 69.2 Å². The Labute approximate surface area is 124 Å². The number of rotatable bonds is 8. The first-order valence-corrected chi connectivity index (χ1v) is 8.40. The van der Waals surface area contributed by atoms with Crippen molar-refractivity contribution >= 4 is 5.69 Å². The van der Waals surface area contributed by atoms with Crippen LogP contribution in [0.4, 0.5) is 5.69 Å². The van der Waals surface area contributed by atoms with Crippen LogP contribution in [0.5, 0.6) is 0 Å². The van der Waals surface area contributed by atoms with Crippen LogP contribution in [0.1, 0.15) is 63.0 Å². The maximum atomic E-state index is 6.05. The highest BCUT2D eigenvalue weighted by atomic mass is 15.1. The largest absolute Gasteiger partial charge is 0.398 e. The van der Waals surface area contributed by atoms with Crippen LogP contribution >= 0.6 is 0 Å². The smallest absolute Gasteiger partial charge is 0.0350 e. The van der Waals surface area contributed by atoms with Crippen LogP contribution in [0.2, 0.25) is 0 Å². The third-order valence-electron chi connectivity index (χ3n) is 4.46. The summed E-state index contributed by atoms with van der Waals surface area (Å²) in [4.78, 5) is 2.59. The lowest BCUT2D eigenvalue weighted by Gasteiger charge is -2.29. The molecule has 0 unspecified atom stereocenters. The van der Waals surface area contributed by atoms with Gasteiger partial charge < -0.3 is 5.73 Å². The fourth-order valence-corrected chi connectivity index (χ4v) is 3.18. The number of hydrogen-bond donors (Lipinski definition) is 1. The molecule has 0 radical (unpaired) electrons. The van der Waals surface area contributed by atoms with Crippen molar-refractivity contribution in [1.29, 1.82) is 0 Å². The number of nitrogens with zero attached hydrogens (tertiary/aromatic N) is 1. The number of nitrogens with two attached hydrogens (primary N) is 1. The molecule has 1 aliphatic rings. The minimum Gasteiger partial charge on any atom is -0.398 e. The molecular weight excluding hydrogens is 244 g/mol. The molecule has 2 nitrogen and oxygen atoms in total. The summed E-state index contributed by atoms with van der Waals surface area (Å²) in [5, 5.41) is 0. The predicted molar refractivity (Wildman–Crippen MR) is 87.8 cm³/mol. The van der Waals surface area contributed by atoms with E-state index in [4.69, 9.17) is 5.73 Å². The van der Waals surface area contributed by atoms with Crippen LogP contribution in [0.25, 0.3) is 0 Å². The molecule has 0 spiro atoms. The molecule has 0 fully saturated rings. The fraction of sp³-hybridized carbons (Fsp3) is 0.667. The zero-order valence-electron chi connectivity index (χ0n) is 13.0. The van der Waals surface area contributed by atoms with Gasteiger partial charge in [0.2, 0.25) is 0 Å². The Balaban J connectivity index is 1.64. The Hall–Kier alpha value is -1.02. The molecule has 0 saturated carbocycles. The summed E-state index contributed by atoms with van der Waals surface area (Å²) in [5.74, 6) is 0. The van der Waals surface area contributed by atoms with E-state index < -0.39 is 0 Å². The van der Waals surface area contributed by atoms with Gasteiger partial charge in [-0.05, 0) is 36.6 Å². The Morgan fingerprint density at radius 2 is 1.80 bits per heavy atom. The van der Waals surface area contributed by atoms with Crippen molar-refractivity contribution in [1.82, 2.24) is 4.90 Å². The minimum atomic E-state index is 0.984. The van der Waals surface area contributed by atoms with Crippen LogP contribution < -0.4 is 5.73 Å². The van der Waals surface area contributed by atoms with Crippen molar-refractivity contribution in [3.8, 4) is 0 Å². The lowest BCUT2D eigenvalue weighted by Crippen LogP contribution is -2.31. The van der Waals surface area contributed by atoms with Gasteiger partial charge >= 0.3 is 0 Å². The van der Waals surface area contributed by atoms with Crippen LogP contribution in [0.15, 0.2) is 18.2 Å². The van der Waals surface area contributed by atoms with E-state index in [9.17, 15) is 0 Å². The summed E-state index contributed by atoms with van der Waals surface area (Å²) in [6.45, 7) is 5.80. The lowest BCUT2D eigenvalue weighted by atomic mass is 9.98. The molecule has 0 aliphatic carbocycles. The number of benzene rings is 1. The molecule has 1 heterocycles. The Morgan fingerprint density at radius 1 is 1.05 bits per heavy atom. The summed E-state index contributed by atoms with van der Waals surface area (Å²) in [5.41, 5.74) is 9.87. The number of anilines is 1. The first-order valence-electron chi connectivity index (χ1n) is 8.40. The highest BCUT2D eigenvalue weighted by Crippen LogP contribution is 2.24. The second-order valence-electron chi connectivity index (χ2n) is 6.13. The zero-order chi connectivity index (χ0) is 14.2. The monoisotopic (exact) mass is 274 g/mol. The molecule has 1 aliphatic heterocycles. The molecule has 1 aromatic rings. The number of unbranched alkanes of at least 4 members (excludes halogenated alkanes) is 6. The van der Waals surface area contributed by atoms with Crippen molar-refractivity contribution < 1.29 is 0 Å². The van der Waals surface area contributed by atoms with Crippen LogP contribution in [-0.2, 0) is 13.0 Å². The summed E-state index contributed by atoms with van der Waals surface area (Å²) in [6, 6.07) is 6.36. The van der Waals surface area contributed by atoms with E-state index in [-0.39, 0.29) is 0 Å². The number of hydrogen-bond acceptors (Lipinski definition) is 2. The predicted octanol–water partition coefficient (Wildman–Crippen LogP) is 4.38.